The number of ether oxygens (including phenoxy) is 1. The second-order valence-corrected chi connectivity index (χ2v) is 4.63. The van der Waals surface area contributed by atoms with Crippen LogP contribution in [0.3, 0.4) is 0 Å². The van der Waals surface area contributed by atoms with Gasteiger partial charge in [0.1, 0.15) is 5.75 Å². The summed E-state index contributed by atoms with van der Waals surface area (Å²) in [6, 6.07) is 8.54. The Morgan fingerprint density at radius 3 is 3.00 bits per heavy atom. The van der Waals surface area contributed by atoms with E-state index in [1.54, 1.807) is 7.11 Å². The summed E-state index contributed by atoms with van der Waals surface area (Å²) in [7, 11) is 1.70. The zero-order valence-electron chi connectivity index (χ0n) is 10.4. The zero-order chi connectivity index (χ0) is 12.3. The van der Waals surface area contributed by atoms with E-state index in [0.29, 0.717) is 18.3 Å². The van der Waals surface area contributed by atoms with E-state index in [9.17, 15) is 0 Å². The van der Waals surface area contributed by atoms with Crippen LogP contribution < -0.4 is 10.1 Å². The predicted molar refractivity (Wildman–Crippen MR) is 67.1 cm³/mol. The van der Waals surface area contributed by atoms with Gasteiger partial charge in [0, 0.05) is 18.9 Å². The van der Waals surface area contributed by atoms with Gasteiger partial charge in [-0.2, -0.15) is 5.26 Å². The van der Waals surface area contributed by atoms with Crippen LogP contribution in [0.2, 0.25) is 0 Å². The molecular formula is C14H18N2O. The third-order valence-electron chi connectivity index (χ3n) is 3.48. The van der Waals surface area contributed by atoms with Gasteiger partial charge in [-0.05, 0) is 31.0 Å². The number of nitriles is 1. The monoisotopic (exact) mass is 230 g/mol. The van der Waals surface area contributed by atoms with Crippen molar-refractivity contribution in [3.8, 4) is 11.8 Å². The van der Waals surface area contributed by atoms with E-state index in [0.717, 1.165) is 18.8 Å². The van der Waals surface area contributed by atoms with Crippen molar-refractivity contribution < 1.29 is 4.74 Å². The van der Waals surface area contributed by atoms with Crippen LogP contribution in [0, 0.1) is 24.2 Å². The van der Waals surface area contributed by atoms with Crippen molar-refractivity contribution in [1.29, 1.82) is 5.26 Å². The summed E-state index contributed by atoms with van der Waals surface area (Å²) >= 11 is 0. The molecule has 1 heterocycles. The number of nitrogens with zero attached hydrogens (tertiary/aromatic N) is 1. The molecule has 17 heavy (non-hydrogen) atoms. The highest BCUT2D eigenvalue weighted by atomic mass is 16.5. The highest BCUT2D eigenvalue weighted by Gasteiger charge is 2.30. The Morgan fingerprint density at radius 1 is 1.47 bits per heavy atom. The summed E-state index contributed by atoms with van der Waals surface area (Å²) < 4.78 is 5.43. The number of hydrogen-bond acceptors (Lipinski definition) is 3. The molecule has 2 unspecified atom stereocenters. The van der Waals surface area contributed by atoms with Crippen molar-refractivity contribution in [1.82, 2.24) is 5.32 Å². The number of aryl methyl sites for hydroxylation is 1. The van der Waals surface area contributed by atoms with Crippen molar-refractivity contribution in [2.75, 3.05) is 20.2 Å². The quantitative estimate of drug-likeness (QED) is 0.866. The maximum atomic E-state index is 8.86. The summed E-state index contributed by atoms with van der Waals surface area (Å²) in [4.78, 5) is 0. The van der Waals surface area contributed by atoms with E-state index in [4.69, 9.17) is 10.00 Å². The van der Waals surface area contributed by atoms with E-state index >= 15 is 0 Å². The Balaban J connectivity index is 2.32. The molecule has 0 amide bonds. The molecule has 1 N–H and O–H groups in total. The standard InChI is InChI=1S/C14H18N2O/c1-10-3-4-14(17-2)12(7-10)13-9-16-8-11(13)5-6-15/h3-4,7,11,13,16H,5,8-9H2,1-2H3. The molecule has 1 aromatic carbocycles. The van der Waals surface area contributed by atoms with Crippen LogP contribution in [-0.4, -0.2) is 20.2 Å². The highest BCUT2D eigenvalue weighted by Crippen LogP contribution is 2.36. The van der Waals surface area contributed by atoms with Crippen molar-refractivity contribution in [3.05, 3.63) is 29.3 Å². The summed E-state index contributed by atoms with van der Waals surface area (Å²) in [6.45, 7) is 3.95. The molecule has 1 saturated heterocycles. The molecule has 0 bridgehead atoms. The Bertz CT molecular complexity index is 436. The van der Waals surface area contributed by atoms with E-state index in [1.807, 2.05) is 6.07 Å². The fourth-order valence-corrected chi connectivity index (χ4v) is 2.57. The molecule has 2 atom stereocenters. The molecule has 90 valence electrons. The summed E-state index contributed by atoms with van der Waals surface area (Å²) in [6.07, 6.45) is 0.606. The van der Waals surface area contributed by atoms with Crippen LogP contribution in [0.4, 0.5) is 0 Å². The lowest BCUT2D eigenvalue weighted by Crippen LogP contribution is -2.11. The van der Waals surface area contributed by atoms with Crippen molar-refractivity contribution in [2.45, 2.75) is 19.3 Å². The molecule has 0 spiro atoms. The minimum atomic E-state index is 0.393. The van der Waals surface area contributed by atoms with E-state index in [-0.39, 0.29) is 0 Å². The van der Waals surface area contributed by atoms with Crippen molar-refractivity contribution in [3.63, 3.8) is 0 Å². The summed E-state index contributed by atoms with van der Waals surface area (Å²) in [5, 5.41) is 12.2. The van der Waals surface area contributed by atoms with Gasteiger partial charge >= 0.3 is 0 Å². The second kappa shape index (κ2) is 5.20. The third kappa shape index (κ3) is 2.42. The van der Waals surface area contributed by atoms with Crippen molar-refractivity contribution >= 4 is 0 Å². The van der Waals surface area contributed by atoms with Gasteiger partial charge in [-0.1, -0.05) is 17.7 Å². The normalized spacial score (nSPS) is 23.4. The SMILES string of the molecule is COc1ccc(C)cc1C1CNCC1CC#N. The molecule has 1 aliphatic rings. The van der Waals surface area contributed by atoms with E-state index in [2.05, 4.69) is 30.4 Å². The molecule has 1 aliphatic heterocycles. The molecule has 0 radical (unpaired) electrons. The van der Waals surface area contributed by atoms with Gasteiger partial charge in [-0.3, -0.25) is 0 Å². The lowest BCUT2D eigenvalue weighted by Gasteiger charge is -2.19. The zero-order valence-corrected chi connectivity index (χ0v) is 10.4. The molecule has 1 fully saturated rings. The van der Waals surface area contributed by atoms with Crippen LogP contribution in [0.5, 0.6) is 5.75 Å². The largest absolute Gasteiger partial charge is 0.496 e. The fourth-order valence-electron chi connectivity index (χ4n) is 2.57. The first-order chi connectivity index (χ1) is 8.26. The highest BCUT2D eigenvalue weighted by molar-refractivity contribution is 5.40. The van der Waals surface area contributed by atoms with Crippen LogP contribution >= 0.6 is 0 Å². The smallest absolute Gasteiger partial charge is 0.122 e. The van der Waals surface area contributed by atoms with Gasteiger partial charge in [-0.15, -0.1) is 0 Å². The van der Waals surface area contributed by atoms with Crippen LogP contribution in [-0.2, 0) is 0 Å². The number of nitrogens with one attached hydrogen (secondary N) is 1. The van der Waals surface area contributed by atoms with E-state index in [1.165, 1.54) is 11.1 Å². The maximum Gasteiger partial charge on any atom is 0.122 e. The number of benzene rings is 1. The minimum absolute atomic E-state index is 0.393. The number of methoxy groups -OCH3 is 1. The lowest BCUT2D eigenvalue weighted by molar-refractivity contribution is 0.399. The van der Waals surface area contributed by atoms with E-state index < -0.39 is 0 Å². The van der Waals surface area contributed by atoms with Crippen LogP contribution in [0.15, 0.2) is 18.2 Å². The van der Waals surface area contributed by atoms with Crippen molar-refractivity contribution in [2.24, 2.45) is 5.92 Å². The first-order valence-electron chi connectivity index (χ1n) is 5.98. The molecule has 1 aromatic rings. The molecule has 2 rings (SSSR count). The van der Waals surface area contributed by atoms with Gasteiger partial charge in [0.2, 0.25) is 0 Å². The fraction of sp³-hybridized carbons (Fsp3) is 0.500. The maximum absolute atomic E-state index is 8.86. The summed E-state index contributed by atoms with van der Waals surface area (Å²) in [5.74, 6) is 1.73. The first kappa shape index (κ1) is 11.9. The molecule has 0 saturated carbocycles. The van der Waals surface area contributed by atoms with Gasteiger partial charge in [0.15, 0.2) is 0 Å². The molecule has 0 aromatic heterocycles. The minimum Gasteiger partial charge on any atom is -0.496 e. The van der Waals surface area contributed by atoms with Gasteiger partial charge in [0.05, 0.1) is 13.2 Å². The Labute approximate surface area is 102 Å². The Kier molecular flexibility index (Phi) is 3.65. The average molecular weight is 230 g/mol. The van der Waals surface area contributed by atoms with Gasteiger partial charge in [-0.25, -0.2) is 0 Å². The first-order valence-corrected chi connectivity index (χ1v) is 5.98. The molecular weight excluding hydrogens is 212 g/mol. The molecule has 3 heteroatoms. The molecule has 3 nitrogen and oxygen atoms in total. The van der Waals surface area contributed by atoms with Crippen LogP contribution in [0.1, 0.15) is 23.5 Å². The topological polar surface area (TPSA) is 45.0 Å². The molecule has 0 aliphatic carbocycles. The number of hydrogen-bond donors (Lipinski definition) is 1. The summed E-state index contributed by atoms with van der Waals surface area (Å²) in [5.41, 5.74) is 2.47. The third-order valence-corrected chi connectivity index (χ3v) is 3.48. The average Bonchev–Trinajstić information content (AvgIpc) is 2.77. The Morgan fingerprint density at radius 2 is 2.29 bits per heavy atom. The Hall–Kier alpha value is -1.53. The second-order valence-electron chi connectivity index (χ2n) is 4.63. The predicted octanol–water partition coefficient (Wildman–Crippen LogP) is 2.22. The van der Waals surface area contributed by atoms with Crippen LogP contribution in [0.25, 0.3) is 0 Å². The lowest BCUT2D eigenvalue weighted by atomic mass is 9.86. The van der Waals surface area contributed by atoms with Gasteiger partial charge < -0.3 is 10.1 Å². The number of rotatable bonds is 3. The van der Waals surface area contributed by atoms with Gasteiger partial charge in [0.25, 0.3) is 0 Å².